The molecule has 2 aliphatic heterocycles. The standard InChI is InChI=1S/C14H9F12O5P/c15-11(16,17)9(12(18,19)20)10(13(21,22)23,14(24,25)26)31-32(30-9,27-6-7-28-32)29-8-4-2-1-3-5-8/h1-5H,6-7H2. The van der Waals surface area contributed by atoms with E-state index in [0.29, 0.717) is 0 Å². The number of para-hydroxylation sites is 1. The third-order valence-electron chi connectivity index (χ3n) is 4.35. The monoisotopic (exact) mass is 516 g/mol. The molecular weight excluding hydrogens is 507 g/mol. The number of alkyl halides is 12. The van der Waals surface area contributed by atoms with Crippen molar-refractivity contribution in [3.63, 3.8) is 0 Å². The fourth-order valence-electron chi connectivity index (χ4n) is 3.18. The van der Waals surface area contributed by atoms with Crippen LogP contribution in [-0.2, 0) is 18.1 Å². The van der Waals surface area contributed by atoms with Crippen molar-refractivity contribution in [1.82, 2.24) is 0 Å². The van der Waals surface area contributed by atoms with Gasteiger partial charge in [0, 0.05) is 0 Å². The maximum atomic E-state index is 13.7. The molecule has 0 aliphatic carbocycles. The Kier molecular flexibility index (Phi) is 5.29. The summed E-state index contributed by atoms with van der Waals surface area (Å²) in [5, 5.41) is 0. The molecule has 32 heavy (non-hydrogen) atoms. The van der Waals surface area contributed by atoms with E-state index in [-0.39, 0.29) is 0 Å². The summed E-state index contributed by atoms with van der Waals surface area (Å²) in [7, 11) is -7.36. The van der Waals surface area contributed by atoms with Crippen molar-refractivity contribution in [2.45, 2.75) is 35.9 Å². The topological polar surface area (TPSA) is 46.2 Å². The Hall–Kier alpha value is -1.55. The molecule has 0 bridgehead atoms. The summed E-state index contributed by atoms with van der Waals surface area (Å²) < 4.78 is 186. The summed E-state index contributed by atoms with van der Waals surface area (Å²) in [4.78, 5) is 0. The molecule has 0 unspecified atom stereocenters. The summed E-state index contributed by atoms with van der Waals surface area (Å²) in [6, 6.07) is 4.85. The number of hydrogen-bond acceptors (Lipinski definition) is 5. The van der Waals surface area contributed by atoms with Gasteiger partial charge >= 0.3 is 168 Å². The molecule has 0 saturated carbocycles. The molecule has 0 aromatic heterocycles. The van der Waals surface area contributed by atoms with Gasteiger partial charge in [-0.1, -0.05) is 0 Å². The predicted molar refractivity (Wildman–Crippen MR) is 77.7 cm³/mol. The second-order valence-corrected chi connectivity index (χ2v) is 8.91. The number of benzene rings is 1. The fraction of sp³-hybridized carbons (Fsp3) is 0.571. The first-order valence-corrected chi connectivity index (χ1v) is 9.86. The normalized spacial score (nSPS) is 25.9. The van der Waals surface area contributed by atoms with E-state index in [4.69, 9.17) is 0 Å². The Morgan fingerprint density at radius 3 is 1.28 bits per heavy atom. The Morgan fingerprint density at radius 1 is 0.625 bits per heavy atom. The zero-order chi connectivity index (χ0) is 24.5. The molecule has 0 atom stereocenters. The molecule has 18 heteroatoms. The summed E-state index contributed by atoms with van der Waals surface area (Å²) >= 11 is 0. The van der Waals surface area contributed by atoms with E-state index in [1.165, 1.54) is 6.07 Å². The molecule has 2 saturated heterocycles. The average molecular weight is 516 g/mol. The van der Waals surface area contributed by atoms with E-state index in [0.717, 1.165) is 24.3 Å². The van der Waals surface area contributed by atoms with Gasteiger partial charge in [-0.2, -0.15) is 0 Å². The first-order chi connectivity index (χ1) is 14.3. The van der Waals surface area contributed by atoms with Crippen molar-refractivity contribution in [3.8, 4) is 5.75 Å². The van der Waals surface area contributed by atoms with Crippen LogP contribution in [0.3, 0.4) is 0 Å². The van der Waals surface area contributed by atoms with Crippen molar-refractivity contribution in [3.05, 3.63) is 30.3 Å². The zero-order valence-corrected chi connectivity index (χ0v) is 15.7. The first kappa shape index (κ1) is 25.1. The molecule has 184 valence electrons. The van der Waals surface area contributed by atoms with Crippen molar-refractivity contribution >= 4 is 7.74 Å². The van der Waals surface area contributed by atoms with Crippen molar-refractivity contribution < 1.29 is 75.3 Å². The first-order valence-electron chi connectivity index (χ1n) is 8.03. The summed E-state index contributed by atoms with van der Waals surface area (Å²) in [6.45, 7) is -2.22. The van der Waals surface area contributed by atoms with Gasteiger partial charge in [0.1, 0.15) is 0 Å². The molecule has 0 N–H and O–H groups in total. The van der Waals surface area contributed by atoms with Crippen LogP contribution in [0.5, 0.6) is 5.75 Å². The van der Waals surface area contributed by atoms with Crippen LogP contribution in [-0.4, -0.2) is 49.1 Å². The van der Waals surface area contributed by atoms with E-state index in [1.807, 2.05) is 0 Å². The Morgan fingerprint density at radius 2 is 0.969 bits per heavy atom. The molecule has 2 heterocycles. The van der Waals surface area contributed by atoms with Gasteiger partial charge in [0.15, 0.2) is 0 Å². The summed E-state index contributed by atoms with van der Waals surface area (Å²) in [6.07, 6.45) is -29.6. The van der Waals surface area contributed by atoms with Gasteiger partial charge in [0.05, 0.1) is 0 Å². The number of halogens is 12. The molecule has 2 aliphatic rings. The van der Waals surface area contributed by atoms with E-state index < -0.39 is 62.6 Å². The van der Waals surface area contributed by atoms with Gasteiger partial charge < -0.3 is 0 Å². The van der Waals surface area contributed by atoms with E-state index >= 15 is 0 Å². The summed E-state index contributed by atoms with van der Waals surface area (Å²) in [5.41, 5.74) is -14.1. The van der Waals surface area contributed by atoms with Crippen LogP contribution in [0, 0.1) is 0 Å². The van der Waals surface area contributed by atoms with E-state index in [2.05, 4.69) is 22.6 Å². The number of hydrogen-bond donors (Lipinski definition) is 0. The van der Waals surface area contributed by atoms with Crippen LogP contribution in [0.25, 0.3) is 0 Å². The van der Waals surface area contributed by atoms with Gasteiger partial charge in [-0.05, 0) is 0 Å². The quantitative estimate of drug-likeness (QED) is 0.356. The second-order valence-electron chi connectivity index (χ2n) is 6.35. The van der Waals surface area contributed by atoms with Crippen molar-refractivity contribution in [2.24, 2.45) is 0 Å². The zero-order valence-electron chi connectivity index (χ0n) is 14.8. The minimum absolute atomic E-state index is 0.767. The SMILES string of the molecule is FC(F)(F)C1(C(F)(F)F)OP2(Oc3ccccc3)(OCCO2)OC1(C(F)(F)F)C(F)(F)F. The minimum atomic E-state index is -7.41. The van der Waals surface area contributed by atoms with Crippen molar-refractivity contribution in [2.75, 3.05) is 13.2 Å². The van der Waals surface area contributed by atoms with E-state index in [1.54, 1.807) is 0 Å². The average Bonchev–Trinajstić information content (AvgIpc) is 3.13. The van der Waals surface area contributed by atoms with Crippen LogP contribution >= 0.6 is 7.74 Å². The summed E-state index contributed by atoms with van der Waals surface area (Å²) in [5.74, 6) is -0.856. The van der Waals surface area contributed by atoms with Crippen LogP contribution in [0.4, 0.5) is 52.7 Å². The van der Waals surface area contributed by atoms with Crippen molar-refractivity contribution in [1.29, 1.82) is 0 Å². The molecule has 3 rings (SSSR count). The Bertz CT molecular complexity index is 784. The molecule has 5 nitrogen and oxygen atoms in total. The second kappa shape index (κ2) is 6.74. The predicted octanol–water partition coefficient (Wildman–Crippen LogP) is 6.01. The molecular formula is C14H9F12O5P. The Balaban J connectivity index is 2.45. The molecule has 1 spiro atoms. The van der Waals surface area contributed by atoms with Gasteiger partial charge in [-0.15, -0.1) is 0 Å². The third kappa shape index (κ3) is 3.15. The third-order valence-corrected chi connectivity index (χ3v) is 7.21. The molecule has 0 amide bonds. The van der Waals surface area contributed by atoms with E-state index in [9.17, 15) is 52.7 Å². The Labute approximate surface area is 169 Å². The van der Waals surface area contributed by atoms with Crippen LogP contribution < -0.4 is 4.52 Å². The molecule has 1 aromatic carbocycles. The van der Waals surface area contributed by atoms with Gasteiger partial charge in [-0.25, -0.2) is 0 Å². The molecule has 0 radical (unpaired) electrons. The van der Waals surface area contributed by atoms with Gasteiger partial charge in [0.25, 0.3) is 0 Å². The fourth-order valence-corrected chi connectivity index (χ4v) is 6.46. The molecule has 2 fully saturated rings. The van der Waals surface area contributed by atoms with Gasteiger partial charge in [0.2, 0.25) is 0 Å². The van der Waals surface area contributed by atoms with Crippen LogP contribution in [0.1, 0.15) is 0 Å². The number of rotatable bonds is 2. The van der Waals surface area contributed by atoms with Gasteiger partial charge in [-0.3, -0.25) is 0 Å². The van der Waals surface area contributed by atoms with Crippen LogP contribution in [0.15, 0.2) is 30.3 Å². The maximum absolute atomic E-state index is 13.7. The van der Waals surface area contributed by atoms with Crippen LogP contribution in [0.2, 0.25) is 0 Å². The molecule has 1 aromatic rings.